The maximum atomic E-state index is 5.73. The average Bonchev–Trinajstić information content (AvgIpc) is 2.59. The second-order valence-electron chi connectivity index (χ2n) is 3.99. The Hall–Kier alpha value is -0.0800. The van der Waals surface area contributed by atoms with Crippen LogP contribution in [0.2, 0.25) is 0 Å². The second-order valence-corrected chi connectivity index (χ2v) is 3.99. The molecule has 0 bridgehead atoms. The highest BCUT2D eigenvalue weighted by Crippen LogP contribution is 2.34. The van der Waals surface area contributed by atoms with Crippen LogP contribution in [-0.2, 0) is 4.74 Å². The molecule has 1 aliphatic rings. The molecule has 2 atom stereocenters. The predicted octanol–water partition coefficient (Wildman–Crippen LogP) is 2.42. The first kappa shape index (κ1) is 10.0. The molecule has 0 saturated carbocycles. The molecule has 2 heteroatoms. The van der Waals surface area contributed by atoms with Crippen LogP contribution in [0.25, 0.3) is 0 Å². The Morgan fingerprint density at radius 2 is 1.83 bits per heavy atom. The van der Waals surface area contributed by atoms with Crippen LogP contribution in [0.15, 0.2) is 0 Å². The molecule has 1 fully saturated rings. The average molecular weight is 171 g/mol. The van der Waals surface area contributed by atoms with Crippen LogP contribution < -0.4 is 5.73 Å². The van der Waals surface area contributed by atoms with E-state index < -0.39 is 0 Å². The lowest BCUT2D eigenvalue weighted by Crippen LogP contribution is -2.22. The highest BCUT2D eigenvalue weighted by molar-refractivity contribution is 4.92. The van der Waals surface area contributed by atoms with Crippen molar-refractivity contribution >= 4 is 0 Å². The minimum Gasteiger partial charge on any atom is -0.351 e. The van der Waals surface area contributed by atoms with Gasteiger partial charge < -0.3 is 10.5 Å². The molecule has 2 N–H and O–H groups in total. The van der Waals surface area contributed by atoms with Crippen LogP contribution in [0.3, 0.4) is 0 Å². The van der Waals surface area contributed by atoms with Crippen molar-refractivity contribution in [3.63, 3.8) is 0 Å². The molecule has 2 nitrogen and oxygen atoms in total. The van der Waals surface area contributed by atoms with Gasteiger partial charge >= 0.3 is 0 Å². The lowest BCUT2D eigenvalue weighted by atomic mass is 10.1. The van der Waals surface area contributed by atoms with Crippen LogP contribution in [0, 0.1) is 0 Å². The largest absolute Gasteiger partial charge is 0.351 e. The Morgan fingerprint density at radius 3 is 2.33 bits per heavy atom. The SMILES string of the molecule is CCCCCCCC1OC1(C)N. The van der Waals surface area contributed by atoms with E-state index in [2.05, 4.69) is 6.92 Å². The first-order valence-electron chi connectivity index (χ1n) is 5.13. The zero-order valence-electron chi connectivity index (χ0n) is 8.31. The van der Waals surface area contributed by atoms with Crippen molar-refractivity contribution in [1.82, 2.24) is 0 Å². The van der Waals surface area contributed by atoms with Gasteiger partial charge in [0.25, 0.3) is 0 Å². The summed E-state index contributed by atoms with van der Waals surface area (Å²) in [7, 11) is 0. The van der Waals surface area contributed by atoms with E-state index >= 15 is 0 Å². The minimum absolute atomic E-state index is 0.287. The maximum Gasteiger partial charge on any atom is 0.140 e. The van der Waals surface area contributed by atoms with E-state index in [9.17, 15) is 0 Å². The van der Waals surface area contributed by atoms with Crippen molar-refractivity contribution in [2.75, 3.05) is 0 Å². The van der Waals surface area contributed by atoms with Gasteiger partial charge in [-0.1, -0.05) is 39.0 Å². The number of nitrogens with two attached hydrogens (primary N) is 1. The molecule has 0 spiro atoms. The van der Waals surface area contributed by atoms with E-state index in [1.54, 1.807) is 0 Å². The summed E-state index contributed by atoms with van der Waals surface area (Å²) in [5, 5.41) is 0. The van der Waals surface area contributed by atoms with Gasteiger partial charge in [0, 0.05) is 0 Å². The summed E-state index contributed by atoms with van der Waals surface area (Å²) >= 11 is 0. The van der Waals surface area contributed by atoms with Crippen molar-refractivity contribution in [2.45, 2.75) is 64.2 Å². The van der Waals surface area contributed by atoms with E-state index in [1.807, 2.05) is 6.92 Å². The van der Waals surface area contributed by atoms with E-state index in [-0.39, 0.29) is 5.72 Å². The molecule has 1 aliphatic heterocycles. The van der Waals surface area contributed by atoms with E-state index in [4.69, 9.17) is 10.5 Å². The van der Waals surface area contributed by atoms with Crippen LogP contribution >= 0.6 is 0 Å². The van der Waals surface area contributed by atoms with Crippen LogP contribution in [0.1, 0.15) is 52.4 Å². The van der Waals surface area contributed by atoms with E-state index in [1.165, 1.54) is 32.1 Å². The van der Waals surface area contributed by atoms with Gasteiger partial charge in [-0.05, 0) is 13.3 Å². The zero-order valence-corrected chi connectivity index (χ0v) is 8.31. The molecule has 0 aromatic rings. The maximum absolute atomic E-state index is 5.73. The van der Waals surface area contributed by atoms with Gasteiger partial charge in [0.05, 0.1) is 0 Å². The normalized spacial score (nSPS) is 33.8. The first-order chi connectivity index (χ1) is 5.67. The molecule has 1 saturated heterocycles. The molecular formula is C10H21NO. The number of hydrogen-bond donors (Lipinski definition) is 1. The summed E-state index contributed by atoms with van der Waals surface area (Å²) in [6.45, 7) is 4.20. The van der Waals surface area contributed by atoms with Gasteiger partial charge in [0.1, 0.15) is 11.8 Å². The number of unbranched alkanes of at least 4 members (excludes halogenated alkanes) is 4. The third-order valence-electron chi connectivity index (χ3n) is 2.55. The highest BCUT2D eigenvalue weighted by atomic mass is 16.6. The van der Waals surface area contributed by atoms with Crippen LogP contribution in [0.4, 0.5) is 0 Å². The quantitative estimate of drug-likeness (QED) is 0.492. The Balaban J connectivity index is 1.85. The molecule has 0 radical (unpaired) electrons. The molecule has 0 aliphatic carbocycles. The summed E-state index contributed by atoms with van der Waals surface area (Å²) in [6, 6.07) is 0. The van der Waals surface area contributed by atoms with Crippen molar-refractivity contribution in [3.8, 4) is 0 Å². The molecule has 12 heavy (non-hydrogen) atoms. The van der Waals surface area contributed by atoms with Gasteiger partial charge in [0.15, 0.2) is 0 Å². The van der Waals surface area contributed by atoms with Gasteiger partial charge in [-0.2, -0.15) is 0 Å². The Labute approximate surface area is 75.5 Å². The lowest BCUT2D eigenvalue weighted by molar-refractivity contribution is 0.309. The molecule has 0 aromatic heterocycles. The van der Waals surface area contributed by atoms with Gasteiger partial charge in [-0.3, -0.25) is 0 Å². The molecule has 72 valence electrons. The summed E-state index contributed by atoms with van der Waals surface area (Å²) in [5.74, 6) is 0. The second kappa shape index (κ2) is 4.24. The predicted molar refractivity (Wildman–Crippen MR) is 50.8 cm³/mol. The standard InChI is InChI=1S/C10H21NO/c1-3-4-5-6-7-8-9-10(2,11)12-9/h9H,3-8,11H2,1-2H3. The third kappa shape index (κ3) is 3.11. The fourth-order valence-electron chi connectivity index (χ4n) is 1.55. The van der Waals surface area contributed by atoms with Crippen molar-refractivity contribution < 1.29 is 4.74 Å². The van der Waals surface area contributed by atoms with Gasteiger partial charge in [0.2, 0.25) is 0 Å². The molecule has 2 unspecified atom stereocenters. The van der Waals surface area contributed by atoms with Crippen LogP contribution in [0.5, 0.6) is 0 Å². The lowest BCUT2D eigenvalue weighted by Gasteiger charge is -1.98. The monoisotopic (exact) mass is 171 g/mol. The third-order valence-corrected chi connectivity index (χ3v) is 2.55. The van der Waals surface area contributed by atoms with Crippen LogP contribution in [-0.4, -0.2) is 11.8 Å². The summed E-state index contributed by atoms with van der Waals surface area (Å²) in [4.78, 5) is 0. The number of ether oxygens (including phenoxy) is 1. The number of epoxide rings is 1. The molecule has 0 amide bonds. The molecule has 1 heterocycles. The minimum atomic E-state index is -0.287. The highest BCUT2D eigenvalue weighted by Gasteiger charge is 2.47. The summed E-state index contributed by atoms with van der Waals surface area (Å²) < 4.78 is 5.29. The fourth-order valence-corrected chi connectivity index (χ4v) is 1.55. The first-order valence-corrected chi connectivity index (χ1v) is 5.13. The Kier molecular flexibility index (Phi) is 3.53. The number of rotatable bonds is 6. The number of hydrogen-bond acceptors (Lipinski definition) is 2. The molecular weight excluding hydrogens is 150 g/mol. The Bertz CT molecular complexity index is 134. The van der Waals surface area contributed by atoms with Gasteiger partial charge in [-0.15, -0.1) is 0 Å². The Morgan fingerprint density at radius 1 is 1.25 bits per heavy atom. The van der Waals surface area contributed by atoms with E-state index in [0.717, 1.165) is 6.42 Å². The summed E-state index contributed by atoms with van der Waals surface area (Å²) in [5.41, 5.74) is 5.44. The topological polar surface area (TPSA) is 38.5 Å². The smallest absolute Gasteiger partial charge is 0.140 e. The van der Waals surface area contributed by atoms with Crippen molar-refractivity contribution in [2.24, 2.45) is 5.73 Å². The molecule has 1 rings (SSSR count). The summed E-state index contributed by atoms with van der Waals surface area (Å²) in [6.07, 6.45) is 8.15. The van der Waals surface area contributed by atoms with E-state index in [0.29, 0.717) is 6.10 Å². The fraction of sp³-hybridized carbons (Fsp3) is 1.00. The van der Waals surface area contributed by atoms with Crippen molar-refractivity contribution in [1.29, 1.82) is 0 Å². The molecule has 0 aromatic carbocycles. The van der Waals surface area contributed by atoms with Crippen molar-refractivity contribution in [3.05, 3.63) is 0 Å². The zero-order chi connectivity index (χ0) is 9.03. The van der Waals surface area contributed by atoms with Gasteiger partial charge in [-0.25, -0.2) is 0 Å².